The van der Waals surface area contributed by atoms with Crippen LogP contribution >= 0.6 is 0 Å². The number of hydrogen-bond donors (Lipinski definition) is 1. The van der Waals surface area contributed by atoms with Crippen molar-refractivity contribution in [3.8, 4) is 5.75 Å². The fourth-order valence-corrected chi connectivity index (χ4v) is 3.74. The predicted molar refractivity (Wildman–Crippen MR) is 99.6 cm³/mol. The topological polar surface area (TPSA) is 92.8 Å². The number of hydrogen-bond acceptors (Lipinski definition) is 5. The van der Waals surface area contributed by atoms with E-state index in [1.54, 1.807) is 30.3 Å². The van der Waals surface area contributed by atoms with E-state index in [4.69, 9.17) is 4.74 Å². The van der Waals surface area contributed by atoms with Gasteiger partial charge in [-0.15, -0.1) is 0 Å². The fraction of sp³-hybridized carbons (Fsp3) is 0.250. The Morgan fingerprint density at radius 1 is 1.11 bits per heavy atom. The molecule has 1 saturated heterocycles. The average molecular weight is 397 g/mol. The molecule has 0 aliphatic carbocycles. The maximum Gasteiger partial charge on any atom is 0.505 e. The van der Waals surface area contributed by atoms with Crippen LogP contribution in [0.3, 0.4) is 0 Å². The fourth-order valence-electron chi connectivity index (χ4n) is 3.49. The summed E-state index contributed by atoms with van der Waals surface area (Å²) in [5, 5.41) is 2.30. The lowest BCUT2D eigenvalue weighted by Gasteiger charge is -2.29. The SMILES string of the molecule is O=[S+]c1ccc(COc2cccc3c2CN(C2CCC(=O)NC2=O)C3=O)cc1. The summed E-state index contributed by atoms with van der Waals surface area (Å²) in [6.07, 6.45) is 0.544. The summed E-state index contributed by atoms with van der Waals surface area (Å²) in [4.78, 5) is 38.5. The molecule has 0 radical (unpaired) electrons. The first-order valence-electron chi connectivity index (χ1n) is 8.85. The van der Waals surface area contributed by atoms with Crippen molar-refractivity contribution in [1.82, 2.24) is 10.2 Å². The Labute approximate surface area is 165 Å². The smallest absolute Gasteiger partial charge is 0.489 e. The molecule has 2 heterocycles. The van der Waals surface area contributed by atoms with E-state index in [-0.39, 0.29) is 24.8 Å². The molecule has 2 aliphatic heterocycles. The molecule has 2 aromatic carbocycles. The summed E-state index contributed by atoms with van der Waals surface area (Å²) in [6.45, 7) is 0.565. The molecule has 4 rings (SSSR count). The van der Waals surface area contributed by atoms with Crippen molar-refractivity contribution >= 4 is 29.4 Å². The van der Waals surface area contributed by atoms with Crippen LogP contribution in [-0.2, 0) is 38.6 Å². The Morgan fingerprint density at radius 2 is 1.89 bits per heavy atom. The molecular formula is C20H17N2O5S+. The van der Waals surface area contributed by atoms with Crippen LogP contribution in [0, 0.1) is 0 Å². The minimum atomic E-state index is -0.650. The lowest BCUT2D eigenvalue weighted by atomic mass is 10.0. The summed E-state index contributed by atoms with van der Waals surface area (Å²) < 4.78 is 16.7. The molecule has 142 valence electrons. The first kappa shape index (κ1) is 18.2. The highest BCUT2D eigenvalue weighted by molar-refractivity contribution is 7.65. The number of carbonyl (C=O) groups is 3. The Morgan fingerprint density at radius 3 is 2.61 bits per heavy atom. The van der Waals surface area contributed by atoms with E-state index in [0.717, 1.165) is 11.1 Å². The number of benzene rings is 2. The van der Waals surface area contributed by atoms with E-state index in [1.807, 2.05) is 12.1 Å². The number of amides is 3. The van der Waals surface area contributed by atoms with Gasteiger partial charge in [0.25, 0.3) is 10.8 Å². The van der Waals surface area contributed by atoms with Gasteiger partial charge in [0.05, 0.1) is 6.54 Å². The van der Waals surface area contributed by atoms with Gasteiger partial charge >= 0.3 is 11.7 Å². The molecule has 0 aromatic heterocycles. The van der Waals surface area contributed by atoms with E-state index < -0.39 is 11.9 Å². The normalized spacial score (nSPS) is 18.6. The van der Waals surface area contributed by atoms with Crippen molar-refractivity contribution in [2.45, 2.75) is 36.9 Å². The Kier molecular flexibility index (Phi) is 4.87. The zero-order chi connectivity index (χ0) is 19.7. The molecule has 7 nitrogen and oxygen atoms in total. The third-order valence-electron chi connectivity index (χ3n) is 4.95. The zero-order valence-corrected chi connectivity index (χ0v) is 15.7. The second kappa shape index (κ2) is 7.47. The van der Waals surface area contributed by atoms with E-state index in [9.17, 15) is 18.6 Å². The zero-order valence-electron chi connectivity index (χ0n) is 14.8. The number of carbonyl (C=O) groups excluding carboxylic acids is 3. The predicted octanol–water partition coefficient (Wildman–Crippen LogP) is 1.81. The summed E-state index contributed by atoms with van der Waals surface area (Å²) in [5.74, 6) is -0.387. The molecule has 0 saturated carbocycles. The molecule has 2 aromatic rings. The van der Waals surface area contributed by atoms with Crippen LogP contribution in [0.5, 0.6) is 5.75 Å². The van der Waals surface area contributed by atoms with Gasteiger partial charge in [-0.2, -0.15) is 0 Å². The number of ether oxygens (including phenoxy) is 1. The van der Waals surface area contributed by atoms with Crippen LogP contribution in [0.2, 0.25) is 0 Å². The molecule has 1 fully saturated rings. The largest absolute Gasteiger partial charge is 0.505 e. The highest BCUT2D eigenvalue weighted by Gasteiger charge is 2.40. The van der Waals surface area contributed by atoms with Crippen LogP contribution in [0.25, 0.3) is 0 Å². The molecule has 0 spiro atoms. The highest BCUT2D eigenvalue weighted by atomic mass is 32.1. The molecule has 1 unspecified atom stereocenters. The summed E-state index contributed by atoms with van der Waals surface area (Å²) in [5.41, 5.74) is 2.16. The van der Waals surface area contributed by atoms with Crippen molar-refractivity contribution < 1.29 is 23.3 Å². The molecule has 1 atom stereocenters. The number of fused-ring (bicyclic) bond motifs is 1. The Bertz CT molecular complexity index is 973. The van der Waals surface area contributed by atoms with Gasteiger partial charge in [-0.1, -0.05) is 6.07 Å². The molecular weight excluding hydrogens is 380 g/mol. The molecule has 1 N–H and O–H groups in total. The minimum absolute atomic E-state index is 0.220. The minimum Gasteiger partial charge on any atom is -0.489 e. The third kappa shape index (κ3) is 3.38. The number of rotatable bonds is 5. The summed E-state index contributed by atoms with van der Waals surface area (Å²) >= 11 is 0.435. The monoisotopic (exact) mass is 397 g/mol. The number of nitrogens with one attached hydrogen (secondary N) is 1. The third-order valence-corrected chi connectivity index (χ3v) is 5.42. The van der Waals surface area contributed by atoms with Gasteiger partial charge in [0, 0.05) is 33.9 Å². The lowest BCUT2D eigenvalue weighted by molar-refractivity contribution is -0.136. The second-order valence-corrected chi connectivity index (χ2v) is 7.34. The van der Waals surface area contributed by atoms with Gasteiger partial charge in [-0.3, -0.25) is 19.7 Å². The van der Waals surface area contributed by atoms with Gasteiger partial charge in [0.1, 0.15) is 18.4 Å². The average Bonchev–Trinajstić information content (AvgIpc) is 3.04. The molecule has 2 aliphatic rings. The van der Waals surface area contributed by atoms with Crippen LogP contribution < -0.4 is 10.1 Å². The van der Waals surface area contributed by atoms with Crippen LogP contribution in [-0.4, -0.2) is 28.7 Å². The van der Waals surface area contributed by atoms with Crippen molar-refractivity contribution in [2.75, 3.05) is 0 Å². The standard InChI is InChI=1S/C20H16N2O5S/c23-18-9-8-16(19(24)21-18)22-10-15-14(20(22)25)2-1-3-17(15)27-11-12-4-6-13(28-26)7-5-12/h1-7,16H,8-11H2/p+1. The quantitative estimate of drug-likeness (QED) is 0.614. The second-order valence-electron chi connectivity index (χ2n) is 6.70. The van der Waals surface area contributed by atoms with Crippen molar-refractivity contribution in [3.05, 3.63) is 59.2 Å². The summed E-state index contributed by atoms with van der Waals surface area (Å²) in [7, 11) is 0. The van der Waals surface area contributed by atoms with E-state index in [2.05, 4.69) is 5.32 Å². The molecule has 3 amide bonds. The van der Waals surface area contributed by atoms with Crippen molar-refractivity contribution in [1.29, 1.82) is 0 Å². The number of imide groups is 1. The summed E-state index contributed by atoms with van der Waals surface area (Å²) in [6, 6.07) is 11.7. The molecule has 0 bridgehead atoms. The maximum atomic E-state index is 12.8. The number of nitrogens with zero attached hydrogens (tertiary/aromatic N) is 1. The van der Waals surface area contributed by atoms with Gasteiger partial charge in [-0.25, -0.2) is 0 Å². The van der Waals surface area contributed by atoms with Crippen LogP contribution in [0.15, 0.2) is 47.4 Å². The van der Waals surface area contributed by atoms with E-state index in [0.29, 0.717) is 40.9 Å². The van der Waals surface area contributed by atoms with Gasteiger partial charge in [0.2, 0.25) is 11.8 Å². The molecule has 28 heavy (non-hydrogen) atoms. The van der Waals surface area contributed by atoms with Crippen LogP contribution in [0.4, 0.5) is 0 Å². The van der Waals surface area contributed by atoms with E-state index >= 15 is 0 Å². The molecule has 8 heteroatoms. The lowest BCUT2D eigenvalue weighted by Crippen LogP contribution is -2.52. The van der Waals surface area contributed by atoms with Crippen molar-refractivity contribution in [2.24, 2.45) is 0 Å². The van der Waals surface area contributed by atoms with Gasteiger partial charge < -0.3 is 9.64 Å². The highest BCUT2D eigenvalue weighted by Crippen LogP contribution is 2.33. The first-order chi connectivity index (χ1) is 13.6. The Balaban J connectivity index is 1.51. The first-order valence-corrected chi connectivity index (χ1v) is 9.59. The Hall–Kier alpha value is -3.13. The van der Waals surface area contributed by atoms with Crippen molar-refractivity contribution in [3.63, 3.8) is 0 Å². The van der Waals surface area contributed by atoms with Crippen LogP contribution in [0.1, 0.15) is 34.3 Å². The maximum absolute atomic E-state index is 12.8. The van der Waals surface area contributed by atoms with Gasteiger partial charge in [0.15, 0.2) is 0 Å². The van der Waals surface area contributed by atoms with E-state index in [1.165, 1.54) is 4.90 Å². The number of piperidine rings is 1. The van der Waals surface area contributed by atoms with Gasteiger partial charge in [-0.05, 0) is 36.2 Å².